The molecular formula is C22H25B3FN9O3. The van der Waals surface area contributed by atoms with Gasteiger partial charge in [0.1, 0.15) is 40.9 Å². The molecule has 3 aromatic heterocycles. The summed E-state index contributed by atoms with van der Waals surface area (Å²) in [4.78, 5) is 18.9. The van der Waals surface area contributed by atoms with E-state index in [1.165, 1.54) is 43.5 Å². The SMILES string of the molecule is BC(B)(B)NC(=O)c1cnc(Nc2ccc(OC)nn2)cc1Nc1cc(F)cc(-c2cnn(C)n2)c1OC. The van der Waals surface area contributed by atoms with Crippen LogP contribution in [0.25, 0.3) is 11.3 Å². The maximum atomic E-state index is 14.8. The number of hydrogen-bond donors (Lipinski definition) is 3. The fraction of sp³-hybridized carbons (Fsp3) is 0.182. The van der Waals surface area contributed by atoms with E-state index in [4.69, 9.17) is 9.47 Å². The molecule has 4 rings (SSSR count). The third-order valence-corrected chi connectivity index (χ3v) is 5.15. The molecule has 3 N–H and O–H groups in total. The number of ether oxygens (including phenoxy) is 2. The molecule has 16 heteroatoms. The van der Waals surface area contributed by atoms with Gasteiger partial charge in [-0.05, 0) is 17.4 Å². The van der Waals surface area contributed by atoms with Crippen molar-refractivity contribution in [1.82, 2.24) is 35.5 Å². The monoisotopic (exact) mass is 515 g/mol. The zero-order valence-electron chi connectivity index (χ0n) is 21.8. The van der Waals surface area contributed by atoms with Gasteiger partial charge in [-0.25, -0.2) is 9.37 Å². The second kappa shape index (κ2) is 10.8. The average Bonchev–Trinajstić information content (AvgIpc) is 3.29. The highest BCUT2D eigenvalue weighted by molar-refractivity contribution is 6.60. The van der Waals surface area contributed by atoms with Crippen molar-refractivity contribution in [3.8, 4) is 22.9 Å². The first-order valence-corrected chi connectivity index (χ1v) is 11.5. The van der Waals surface area contributed by atoms with Crippen molar-refractivity contribution < 1.29 is 18.7 Å². The summed E-state index contributed by atoms with van der Waals surface area (Å²) in [5, 5.41) is 24.9. The Morgan fingerprint density at radius 2 is 1.79 bits per heavy atom. The standard InChI is InChI=1S/C22H25B3FN9O3/c1-35-28-10-16(34-35)12-6-11(26)7-15(20(12)38-3)29-14-8-18(30-17-4-5-19(37-2)33-32-17)27-9-13(14)21(36)31-22(23,24)25/h4-10H,23-25H2,1-3H3,(H,31,36)(H2,27,29,30,32). The summed E-state index contributed by atoms with van der Waals surface area (Å²) in [6.07, 6.45) is 2.92. The summed E-state index contributed by atoms with van der Waals surface area (Å²) >= 11 is 0. The number of aromatic nitrogens is 6. The van der Waals surface area contributed by atoms with Crippen LogP contribution in [0.4, 0.5) is 27.4 Å². The normalized spacial score (nSPS) is 11.1. The Kier molecular flexibility index (Phi) is 7.51. The molecule has 0 spiro atoms. The summed E-state index contributed by atoms with van der Waals surface area (Å²) in [7, 11) is 10.2. The molecule has 0 aliphatic carbocycles. The fourth-order valence-electron chi connectivity index (χ4n) is 3.55. The van der Waals surface area contributed by atoms with Crippen LogP contribution >= 0.6 is 0 Å². The average molecular weight is 515 g/mol. The van der Waals surface area contributed by atoms with E-state index >= 15 is 0 Å². The largest absolute Gasteiger partial charge is 0.494 e. The van der Waals surface area contributed by atoms with Crippen molar-refractivity contribution in [2.45, 2.75) is 5.24 Å². The van der Waals surface area contributed by atoms with E-state index < -0.39 is 11.1 Å². The molecule has 0 unspecified atom stereocenters. The number of nitrogens with one attached hydrogen (secondary N) is 3. The van der Waals surface area contributed by atoms with E-state index in [0.717, 1.165) is 0 Å². The van der Waals surface area contributed by atoms with Gasteiger partial charge in [0.2, 0.25) is 5.88 Å². The van der Waals surface area contributed by atoms with Gasteiger partial charge in [-0.15, -0.1) is 10.2 Å². The van der Waals surface area contributed by atoms with Crippen molar-refractivity contribution in [3.05, 3.63) is 54.1 Å². The first-order chi connectivity index (χ1) is 18.1. The van der Waals surface area contributed by atoms with Gasteiger partial charge in [0, 0.05) is 31.4 Å². The number of hydrogen-bond acceptors (Lipinski definition) is 10. The molecule has 0 bridgehead atoms. The van der Waals surface area contributed by atoms with Crippen LogP contribution in [0.3, 0.4) is 0 Å². The van der Waals surface area contributed by atoms with Gasteiger partial charge in [-0.3, -0.25) is 4.79 Å². The van der Waals surface area contributed by atoms with Crippen LogP contribution in [0.5, 0.6) is 11.6 Å². The van der Waals surface area contributed by atoms with Crippen LogP contribution in [0.1, 0.15) is 10.4 Å². The molecule has 0 atom stereocenters. The number of carbonyl (C=O) groups excluding carboxylic acids is 1. The van der Waals surface area contributed by atoms with Crippen LogP contribution in [0.15, 0.2) is 42.7 Å². The zero-order valence-corrected chi connectivity index (χ0v) is 21.8. The molecular weight excluding hydrogens is 490 g/mol. The molecule has 0 saturated carbocycles. The van der Waals surface area contributed by atoms with Crippen LogP contribution in [0, 0.1) is 5.82 Å². The molecule has 192 valence electrons. The number of halogens is 1. The number of carbonyl (C=O) groups is 1. The Morgan fingerprint density at radius 3 is 2.39 bits per heavy atom. The highest BCUT2D eigenvalue weighted by Gasteiger charge is 2.22. The molecule has 3 heterocycles. The molecule has 0 radical (unpaired) electrons. The van der Waals surface area contributed by atoms with Crippen molar-refractivity contribution in [3.63, 3.8) is 0 Å². The molecule has 12 nitrogen and oxygen atoms in total. The highest BCUT2D eigenvalue weighted by Crippen LogP contribution is 2.39. The molecule has 1 aromatic carbocycles. The number of methoxy groups -OCH3 is 2. The minimum absolute atomic E-state index is 0.235. The molecule has 0 aliphatic rings. The lowest BCUT2D eigenvalue weighted by atomic mass is 9.49. The lowest BCUT2D eigenvalue weighted by Gasteiger charge is -2.22. The van der Waals surface area contributed by atoms with Crippen LogP contribution in [-0.2, 0) is 7.05 Å². The van der Waals surface area contributed by atoms with Crippen molar-refractivity contribution >= 4 is 52.5 Å². The van der Waals surface area contributed by atoms with E-state index in [1.807, 2.05) is 23.5 Å². The number of pyridine rings is 1. The second-order valence-electron chi connectivity index (χ2n) is 9.28. The molecule has 4 aromatic rings. The maximum Gasteiger partial charge on any atom is 0.253 e. The van der Waals surface area contributed by atoms with Gasteiger partial charge in [-0.1, -0.05) is 0 Å². The summed E-state index contributed by atoms with van der Waals surface area (Å²) in [6.45, 7) is 0. The molecule has 0 fully saturated rings. The van der Waals surface area contributed by atoms with Gasteiger partial charge in [0.15, 0.2) is 11.6 Å². The van der Waals surface area contributed by atoms with Gasteiger partial charge < -0.3 is 25.4 Å². The summed E-state index contributed by atoms with van der Waals surface area (Å²) in [6, 6.07) is 7.50. The lowest BCUT2D eigenvalue weighted by molar-refractivity contribution is 0.0953. The van der Waals surface area contributed by atoms with Gasteiger partial charge in [-0.2, -0.15) is 15.0 Å². The number of benzene rings is 1. The third kappa shape index (κ3) is 6.20. The number of nitrogens with zero attached hydrogens (tertiary/aromatic N) is 6. The first kappa shape index (κ1) is 26.4. The van der Waals surface area contributed by atoms with Gasteiger partial charge >= 0.3 is 0 Å². The molecule has 0 aliphatic heterocycles. The highest BCUT2D eigenvalue weighted by atomic mass is 19.1. The topological polar surface area (TPSA) is 141 Å². The minimum Gasteiger partial charge on any atom is -0.494 e. The summed E-state index contributed by atoms with van der Waals surface area (Å²) < 4.78 is 25.4. The zero-order chi connectivity index (χ0) is 27.4. The van der Waals surface area contributed by atoms with Crippen LogP contribution in [-0.4, -0.2) is 79.1 Å². The third-order valence-electron chi connectivity index (χ3n) is 5.15. The maximum absolute atomic E-state index is 14.8. The predicted octanol–water partition coefficient (Wildman–Crippen LogP) is -0.449. The number of rotatable bonds is 9. The minimum atomic E-state index is -0.532. The molecule has 38 heavy (non-hydrogen) atoms. The van der Waals surface area contributed by atoms with E-state index in [9.17, 15) is 9.18 Å². The lowest BCUT2D eigenvalue weighted by Crippen LogP contribution is -2.50. The molecule has 1 amide bonds. The predicted molar refractivity (Wildman–Crippen MR) is 148 cm³/mol. The Balaban J connectivity index is 1.77. The van der Waals surface area contributed by atoms with Crippen molar-refractivity contribution in [1.29, 1.82) is 0 Å². The van der Waals surface area contributed by atoms with E-state index in [2.05, 4.69) is 41.3 Å². The Hall–Kier alpha value is -4.62. The Labute approximate surface area is 221 Å². The quantitative estimate of drug-likeness (QED) is 0.251. The van der Waals surface area contributed by atoms with Crippen LogP contribution < -0.4 is 25.4 Å². The second-order valence-corrected chi connectivity index (χ2v) is 9.28. The number of anilines is 4. The fourth-order valence-corrected chi connectivity index (χ4v) is 3.55. The summed E-state index contributed by atoms with van der Waals surface area (Å²) in [5.74, 6) is 0.551. The molecule has 0 saturated heterocycles. The van der Waals surface area contributed by atoms with Gasteiger partial charge in [0.25, 0.3) is 5.91 Å². The van der Waals surface area contributed by atoms with Crippen LogP contribution in [0.2, 0.25) is 0 Å². The van der Waals surface area contributed by atoms with E-state index in [0.29, 0.717) is 40.2 Å². The Bertz CT molecular complexity index is 1460. The van der Waals surface area contributed by atoms with Crippen molar-refractivity contribution in [2.24, 2.45) is 7.05 Å². The number of amides is 1. The van der Waals surface area contributed by atoms with E-state index in [-0.39, 0.29) is 17.2 Å². The number of aryl methyl sites for hydroxylation is 1. The van der Waals surface area contributed by atoms with Crippen molar-refractivity contribution in [2.75, 3.05) is 24.9 Å². The van der Waals surface area contributed by atoms with Gasteiger partial charge in [0.05, 0.1) is 42.9 Å². The Morgan fingerprint density at radius 1 is 1.00 bits per heavy atom. The summed E-state index contributed by atoms with van der Waals surface area (Å²) in [5.41, 5.74) is 1.68. The smallest absolute Gasteiger partial charge is 0.253 e. The van der Waals surface area contributed by atoms with E-state index in [1.54, 1.807) is 25.2 Å². The first-order valence-electron chi connectivity index (χ1n) is 11.5.